The second kappa shape index (κ2) is 14.3. The van der Waals surface area contributed by atoms with E-state index in [9.17, 15) is 24.9 Å². The van der Waals surface area contributed by atoms with E-state index in [2.05, 4.69) is 17.0 Å². The monoisotopic (exact) mass is 624 g/mol. The summed E-state index contributed by atoms with van der Waals surface area (Å²) in [5.74, 6) is -0.991. The SMILES string of the molecule is CC1=C([C@H](O)CC/C(=C/c2ccc(CO)o2)c2ccccc2)[C@H](CO)[C@@H]2C(=O)N(C3CCN(Cc4ccccc4)CC3)C(=O)[C@@H]2C1. The highest BCUT2D eigenvalue weighted by Gasteiger charge is 2.56. The number of carbonyl (C=O) groups excluding carboxylic acids is 2. The number of hydrogen-bond donors (Lipinski definition) is 3. The summed E-state index contributed by atoms with van der Waals surface area (Å²) in [4.78, 5) is 31.6. The van der Waals surface area contributed by atoms with Gasteiger partial charge < -0.3 is 19.7 Å². The molecule has 0 saturated carbocycles. The highest BCUT2D eigenvalue weighted by molar-refractivity contribution is 6.06. The summed E-state index contributed by atoms with van der Waals surface area (Å²) >= 11 is 0. The maximum atomic E-state index is 14.0. The van der Waals surface area contributed by atoms with Crippen molar-refractivity contribution in [3.63, 3.8) is 0 Å². The molecular weight excluding hydrogens is 580 g/mol. The Morgan fingerprint density at radius 2 is 1.65 bits per heavy atom. The Kier molecular flexibility index (Phi) is 9.99. The van der Waals surface area contributed by atoms with Crippen LogP contribution in [0.15, 0.2) is 88.4 Å². The Bertz CT molecular complexity index is 1570. The minimum atomic E-state index is -0.881. The highest BCUT2D eigenvalue weighted by atomic mass is 16.4. The van der Waals surface area contributed by atoms with Crippen molar-refractivity contribution in [3.8, 4) is 0 Å². The van der Waals surface area contributed by atoms with E-state index in [0.29, 0.717) is 36.4 Å². The quantitative estimate of drug-likeness (QED) is 0.202. The van der Waals surface area contributed by atoms with Crippen LogP contribution in [-0.2, 0) is 22.7 Å². The topological polar surface area (TPSA) is 114 Å². The number of allylic oxidation sites excluding steroid dienone is 2. The fraction of sp³-hybridized carbons (Fsp3) is 0.421. The number of aliphatic hydroxyl groups excluding tert-OH is 3. The Hall–Kier alpha value is -3.82. The number of fused-ring (bicyclic) bond motifs is 1. The molecule has 8 heteroatoms. The molecule has 2 fully saturated rings. The average molecular weight is 625 g/mol. The first kappa shape index (κ1) is 32.1. The van der Waals surface area contributed by atoms with E-state index in [0.717, 1.165) is 49.2 Å². The van der Waals surface area contributed by atoms with Crippen molar-refractivity contribution in [2.24, 2.45) is 17.8 Å². The van der Waals surface area contributed by atoms with Crippen molar-refractivity contribution >= 4 is 23.5 Å². The van der Waals surface area contributed by atoms with Crippen LogP contribution < -0.4 is 0 Å². The number of furan rings is 1. The van der Waals surface area contributed by atoms with Crippen LogP contribution in [0.2, 0.25) is 0 Å². The maximum absolute atomic E-state index is 14.0. The number of benzene rings is 2. The first-order valence-corrected chi connectivity index (χ1v) is 16.4. The molecule has 2 saturated heterocycles. The number of likely N-dealkylation sites (tertiary alicyclic amines) is 2. The van der Waals surface area contributed by atoms with Gasteiger partial charge in [0.25, 0.3) is 0 Å². The van der Waals surface area contributed by atoms with Crippen LogP contribution in [0.5, 0.6) is 0 Å². The molecule has 3 heterocycles. The van der Waals surface area contributed by atoms with Gasteiger partial charge >= 0.3 is 0 Å². The first-order chi connectivity index (χ1) is 22.4. The van der Waals surface area contributed by atoms with Gasteiger partial charge in [-0.15, -0.1) is 0 Å². The molecule has 2 aromatic carbocycles. The molecule has 8 nitrogen and oxygen atoms in total. The third kappa shape index (κ3) is 6.67. The molecule has 3 N–H and O–H groups in total. The zero-order chi connectivity index (χ0) is 32.2. The van der Waals surface area contributed by atoms with Gasteiger partial charge in [0.1, 0.15) is 18.1 Å². The number of hydrogen-bond acceptors (Lipinski definition) is 7. The molecule has 0 radical (unpaired) electrons. The fourth-order valence-electron chi connectivity index (χ4n) is 7.81. The third-order valence-electron chi connectivity index (χ3n) is 10.1. The van der Waals surface area contributed by atoms with Gasteiger partial charge in [-0.1, -0.05) is 66.2 Å². The van der Waals surface area contributed by atoms with Gasteiger partial charge in [0, 0.05) is 31.6 Å². The van der Waals surface area contributed by atoms with Gasteiger partial charge in [0.2, 0.25) is 11.8 Å². The van der Waals surface area contributed by atoms with Crippen LogP contribution in [0.25, 0.3) is 11.6 Å². The molecule has 4 atom stereocenters. The van der Waals surface area contributed by atoms with Crippen molar-refractivity contribution in [2.75, 3.05) is 19.7 Å². The van der Waals surface area contributed by atoms with E-state index in [-0.39, 0.29) is 31.1 Å². The van der Waals surface area contributed by atoms with E-state index in [1.54, 1.807) is 6.07 Å². The molecule has 3 aromatic rings. The van der Waals surface area contributed by atoms with E-state index in [1.807, 2.05) is 67.6 Å². The van der Waals surface area contributed by atoms with Crippen LogP contribution in [-0.4, -0.2) is 68.8 Å². The van der Waals surface area contributed by atoms with E-state index in [1.165, 1.54) is 10.5 Å². The second-order valence-corrected chi connectivity index (χ2v) is 13.0. The number of imide groups is 1. The van der Waals surface area contributed by atoms with Crippen LogP contribution in [0.4, 0.5) is 0 Å². The molecule has 0 spiro atoms. The van der Waals surface area contributed by atoms with Crippen LogP contribution in [0.1, 0.15) is 61.7 Å². The van der Waals surface area contributed by atoms with Gasteiger partial charge in [0.05, 0.1) is 24.5 Å². The Balaban J connectivity index is 1.15. The van der Waals surface area contributed by atoms with E-state index >= 15 is 0 Å². The second-order valence-electron chi connectivity index (χ2n) is 13.0. The number of nitrogens with zero attached hydrogens (tertiary/aromatic N) is 2. The summed E-state index contributed by atoms with van der Waals surface area (Å²) in [6, 6.07) is 23.6. The fourth-order valence-corrected chi connectivity index (χ4v) is 7.81. The average Bonchev–Trinajstić information content (AvgIpc) is 3.64. The molecule has 242 valence electrons. The van der Waals surface area contributed by atoms with Crippen LogP contribution in [0, 0.1) is 17.8 Å². The lowest BCUT2D eigenvalue weighted by molar-refractivity contribution is -0.144. The molecule has 3 aliphatic rings. The summed E-state index contributed by atoms with van der Waals surface area (Å²) in [5, 5.41) is 31.7. The van der Waals surface area contributed by atoms with E-state index in [4.69, 9.17) is 4.42 Å². The minimum Gasteiger partial charge on any atom is -0.459 e. The normalized spacial score (nSPS) is 23.7. The number of aliphatic hydroxyl groups is 3. The predicted octanol–water partition coefficient (Wildman–Crippen LogP) is 5.05. The van der Waals surface area contributed by atoms with Crippen molar-refractivity contribution in [2.45, 2.75) is 64.3 Å². The van der Waals surface area contributed by atoms with Crippen LogP contribution in [0.3, 0.4) is 0 Å². The molecular formula is C38H44N2O6. The van der Waals surface area contributed by atoms with Gasteiger partial charge in [-0.2, -0.15) is 0 Å². The largest absolute Gasteiger partial charge is 0.459 e. The summed E-state index contributed by atoms with van der Waals surface area (Å²) < 4.78 is 5.71. The van der Waals surface area contributed by atoms with Crippen molar-refractivity contribution in [1.82, 2.24) is 9.80 Å². The van der Waals surface area contributed by atoms with E-state index < -0.39 is 23.9 Å². The molecule has 2 aliphatic heterocycles. The first-order valence-electron chi connectivity index (χ1n) is 16.4. The molecule has 1 aromatic heterocycles. The Morgan fingerprint density at radius 1 is 0.957 bits per heavy atom. The molecule has 2 amide bonds. The van der Waals surface area contributed by atoms with Crippen LogP contribution >= 0.6 is 0 Å². The molecule has 6 rings (SSSR count). The highest BCUT2D eigenvalue weighted by Crippen LogP contribution is 2.47. The molecule has 1 aliphatic carbocycles. The lowest BCUT2D eigenvalue weighted by atomic mass is 9.68. The number of amides is 2. The van der Waals surface area contributed by atoms with Crippen molar-refractivity contribution in [1.29, 1.82) is 0 Å². The summed E-state index contributed by atoms with van der Waals surface area (Å²) in [6.07, 6.45) is 3.82. The van der Waals surface area contributed by atoms with Gasteiger partial charge in [-0.25, -0.2) is 0 Å². The summed E-state index contributed by atoms with van der Waals surface area (Å²) in [5.41, 5.74) is 4.78. The predicted molar refractivity (Wildman–Crippen MR) is 176 cm³/mol. The maximum Gasteiger partial charge on any atom is 0.234 e. The van der Waals surface area contributed by atoms with Crippen molar-refractivity contribution < 1.29 is 29.3 Å². The zero-order valence-electron chi connectivity index (χ0n) is 26.4. The number of carbonyl (C=O) groups is 2. The summed E-state index contributed by atoms with van der Waals surface area (Å²) in [7, 11) is 0. The lowest BCUT2D eigenvalue weighted by Crippen LogP contribution is -2.47. The smallest absolute Gasteiger partial charge is 0.234 e. The lowest BCUT2D eigenvalue weighted by Gasteiger charge is -2.36. The Morgan fingerprint density at radius 3 is 2.30 bits per heavy atom. The number of piperidine rings is 1. The minimum absolute atomic E-state index is 0.127. The van der Waals surface area contributed by atoms with Gasteiger partial charge in [-0.3, -0.25) is 19.4 Å². The Labute approximate surface area is 270 Å². The van der Waals surface area contributed by atoms with Crippen molar-refractivity contribution in [3.05, 3.63) is 107 Å². The van der Waals surface area contributed by atoms with Gasteiger partial charge in [-0.05, 0) is 79.5 Å². The van der Waals surface area contributed by atoms with Gasteiger partial charge in [0.15, 0.2) is 0 Å². The molecule has 0 bridgehead atoms. The molecule has 0 unspecified atom stereocenters. The summed E-state index contributed by atoms with van der Waals surface area (Å²) in [6.45, 7) is 3.92. The molecule has 46 heavy (non-hydrogen) atoms. The number of rotatable bonds is 11. The zero-order valence-corrected chi connectivity index (χ0v) is 26.4. The standard InChI is InChI=1S/C38H44N2O6/c1-25-20-32-36(38(45)40(37(32)44)29-16-18-39(19-17-29)22-26-8-4-2-5-9-26)33(24-42)35(25)34(43)15-12-28(27-10-6-3-7-11-27)21-30-13-14-31(23-41)46-30/h2-11,13-14,21,29,32-34,36,41-43H,12,15-20,22-24H2,1H3/b28-21-/t32-,33+,34-,36-/m1/s1. The third-order valence-corrected chi connectivity index (χ3v) is 10.1.